The van der Waals surface area contributed by atoms with E-state index >= 15 is 0 Å². The van der Waals surface area contributed by atoms with Crippen LogP contribution in [0.25, 0.3) is 0 Å². The summed E-state index contributed by atoms with van der Waals surface area (Å²) in [6.07, 6.45) is -0.776. The maximum atomic E-state index is 11.2. The van der Waals surface area contributed by atoms with Crippen molar-refractivity contribution in [1.29, 1.82) is 0 Å². The summed E-state index contributed by atoms with van der Waals surface area (Å²) in [5.74, 6) is -1.29. The fourth-order valence-electron chi connectivity index (χ4n) is 1.19. The van der Waals surface area contributed by atoms with E-state index < -0.39 is 34.4 Å². The molecule has 1 aliphatic heterocycles. The number of carbonyl (C=O) groups excluding carboxylic acids is 1. The third-order valence-electron chi connectivity index (χ3n) is 1.96. The van der Waals surface area contributed by atoms with Gasteiger partial charge in [0.1, 0.15) is 0 Å². The van der Waals surface area contributed by atoms with Crippen molar-refractivity contribution in [3.63, 3.8) is 0 Å². The molecule has 1 atom stereocenters. The summed E-state index contributed by atoms with van der Waals surface area (Å²) in [6.45, 7) is -0.478. The van der Waals surface area contributed by atoms with Gasteiger partial charge in [-0.15, -0.1) is 0 Å². The maximum Gasteiger partial charge on any atom is 0.265 e. The molecule has 0 saturated carbocycles. The second-order valence-electron chi connectivity index (χ2n) is 3.24. The highest BCUT2D eigenvalue weighted by Gasteiger charge is 2.25. The second kappa shape index (κ2) is 4.83. The Balaban J connectivity index is 2.82. The summed E-state index contributed by atoms with van der Waals surface area (Å²) in [4.78, 5) is 14.9. The molecule has 0 amide bonds. The molecule has 0 aliphatic carbocycles. The van der Waals surface area contributed by atoms with Crippen molar-refractivity contribution in [3.05, 3.63) is 11.8 Å². The van der Waals surface area contributed by atoms with Crippen LogP contribution in [0.5, 0.6) is 0 Å². The minimum Gasteiger partial charge on any atom is -0.390 e. The van der Waals surface area contributed by atoms with E-state index in [1.807, 2.05) is 0 Å². The number of rotatable bonds is 4. The molecule has 0 aromatic heterocycles. The van der Waals surface area contributed by atoms with Crippen molar-refractivity contribution in [2.75, 3.05) is 12.4 Å². The van der Waals surface area contributed by atoms with Crippen molar-refractivity contribution in [1.82, 2.24) is 0 Å². The quantitative estimate of drug-likeness (QED) is 0.522. The monoisotopic (exact) mass is 249 g/mol. The number of hydrogen-bond donors (Lipinski definition) is 3. The molecule has 0 fully saturated rings. The molecular weight excluding hydrogens is 238 g/mol. The smallest absolute Gasteiger partial charge is 0.265 e. The van der Waals surface area contributed by atoms with Crippen LogP contribution in [0.15, 0.2) is 16.8 Å². The van der Waals surface area contributed by atoms with Gasteiger partial charge in [-0.05, 0) is 0 Å². The fraction of sp³-hybridized carbons (Fsp3) is 0.500. The van der Waals surface area contributed by atoms with Crippen LogP contribution in [-0.2, 0) is 14.9 Å². The number of carbonyl (C=O) groups is 1. The minimum atomic E-state index is -4.17. The molecular formula is C8H11NO6S. The Kier molecular flexibility index (Phi) is 3.92. The molecule has 1 unspecified atom stereocenters. The van der Waals surface area contributed by atoms with Gasteiger partial charge in [-0.1, -0.05) is 0 Å². The molecule has 1 aliphatic rings. The number of hydrogen-bond acceptors (Lipinski definition) is 6. The number of aliphatic imine (C=N–C) groups is 1. The van der Waals surface area contributed by atoms with Crippen LogP contribution >= 0.6 is 0 Å². The van der Waals surface area contributed by atoms with Crippen LogP contribution < -0.4 is 0 Å². The van der Waals surface area contributed by atoms with Crippen LogP contribution in [0, 0.1) is 0 Å². The molecule has 1 heterocycles. The number of nitrogens with zero attached hydrogens (tertiary/aromatic N) is 1. The first-order valence-corrected chi connectivity index (χ1v) is 6.00. The molecule has 0 radical (unpaired) electrons. The van der Waals surface area contributed by atoms with Crippen LogP contribution in [0.1, 0.15) is 6.42 Å². The van der Waals surface area contributed by atoms with Crippen molar-refractivity contribution in [2.45, 2.75) is 12.5 Å². The SMILES string of the molecule is O=C1C=C(CO)N=C(CCS(=O)(=O)O)C1O. The van der Waals surface area contributed by atoms with E-state index in [1.54, 1.807) is 0 Å². The van der Waals surface area contributed by atoms with Gasteiger partial charge < -0.3 is 10.2 Å². The average molecular weight is 249 g/mol. The van der Waals surface area contributed by atoms with E-state index in [-0.39, 0.29) is 17.8 Å². The largest absolute Gasteiger partial charge is 0.390 e. The fourth-order valence-corrected chi connectivity index (χ4v) is 1.66. The summed E-state index contributed by atoms with van der Waals surface area (Å²) < 4.78 is 29.5. The zero-order valence-electron chi connectivity index (χ0n) is 8.20. The lowest BCUT2D eigenvalue weighted by Crippen LogP contribution is -2.33. The van der Waals surface area contributed by atoms with E-state index in [2.05, 4.69) is 4.99 Å². The lowest BCUT2D eigenvalue weighted by molar-refractivity contribution is -0.119. The van der Waals surface area contributed by atoms with Crippen LogP contribution in [-0.4, -0.2) is 53.1 Å². The number of aliphatic hydroxyl groups is 2. The summed E-state index contributed by atoms with van der Waals surface area (Å²) in [5, 5.41) is 18.1. The molecule has 8 heteroatoms. The van der Waals surface area contributed by atoms with Gasteiger partial charge in [-0.3, -0.25) is 14.3 Å². The predicted molar refractivity (Wildman–Crippen MR) is 54.7 cm³/mol. The zero-order valence-corrected chi connectivity index (χ0v) is 9.01. The minimum absolute atomic E-state index is 0.0561. The van der Waals surface area contributed by atoms with Gasteiger partial charge in [-0.25, -0.2) is 0 Å². The Hall–Kier alpha value is -1.09. The maximum absolute atomic E-state index is 11.2. The molecule has 0 spiro atoms. The number of aliphatic hydroxyl groups excluding tert-OH is 2. The van der Waals surface area contributed by atoms with Gasteiger partial charge in [-0.2, -0.15) is 8.42 Å². The van der Waals surface area contributed by atoms with Crippen molar-refractivity contribution < 1.29 is 28.0 Å². The van der Waals surface area contributed by atoms with E-state index in [4.69, 9.17) is 9.66 Å². The zero-order chi connectivity index (χ0) is 12.3. The van der Waals surface area contributed by atoms with Crippen molar-refractivity contribution >= 4 is 21.6 Å². The van der Waals surface area contributed by atoms with E-state index in [9.17, 15) is 18.3 Å². The molecule has 90 valence electrons. The van der Waals surface area contributed by atoms with E-state index in [0.29, 0.717) is 0 Å². The van der Waals surface area contributed by atoms with Crippen LogP contribution in [0.3, 0.4) is 0 Å². The third-order valence-corrected chi connectivity index (χ3v) is 2.68. The molecule has 3 N–H and O–H groups in total. The van der Waals surface area contributed by atoms with Gasteiger partial charge in [0.25, 0.3) is 10.1 Å². The van der Waals surface area contributed by atoms with Gasteiger partial charge in [0.2, 0.25) is 0 Å². The normalized spacial score (nSPS) is 21.7. The van der Waals surface area contributed by atoms with Gasteiger partial charge in [0.15, 0.2) is 11.9 Å². The number of ketones is 1. The summed E-state index contributed by atoms with van der Waals surface area (Å²) in [6, 6.07) is 0. The molecule has 16 heavy (non-hydrogen) atoms. The van der Waals surface area contributed by atoms with Crippen molar-refractivity contribution in [2.24, 2.45) is 4.99 Å². The predicted octanol–water partition coefficient (Wildman–Crippen LogP) is -1.47. The summed E-state index contributed by atoms with van der Waals surface area (Å²) >= 11 is 0. The first-order chi connectivity index (χ1) is 7.33. The molecule has 7 nitrogen and oxygen atoms in total. The average Bonchev–Trinajstić information content (AvgIpc) is 2.18. The Morgan fingerprint density at radius 3 is 2.56 bits per heavy atom. The highest BCUT2D eigenvalue weighted by atomic mass is 32.2. The topological polar surface area (TPSA) is 124 Å². The highest BCUT2D eigenvalue weighted by Crippen LogP contribution is 2.11. The van der Waals surface area contributed by atoms with Crippen molar-refractivity contribution in [3.8, 4) is 0 Å². The summed E-state index contributed by atoms with van der Waals surface area (Å²) in [5.41, 5.74) is -0.0187. The van der Waals surface area contributed by atoms with Gasteiger partial charge >= 0.3 is 0 Å². The Labute approximate surface area is 91.9 Å². The second-order valence-corrected chi connectivity index (χ2v) is 4.81. The Morgan fingerprint density at radius 2 is 2.06 bits per heavy atom. The third kappa shape index (κ3) is 3.49. The molecule has 0 bridgehead atoms. The molecule has 1 rings (SSSR count). The molecule has 0 saturated heterocycles. The van der Waals surface area contributed by atoms with Crippen LogP contribution in [0.4, 0.5) is 0 Å². The Bertz CT molecular complexity index is 449. The van der Waals surface area contributed by atoms with E-state index in [1.165, 1.54) is 0 Å². The molecule has 0 aromatic carbocycles. The lowest BCUT2D eigenvalue weighted by atomic mass is 10.0. The standard InChI is InChI=1S/C8H11NO6S/c10-4-5-3-7(11)8(12)6(9-5)1-2-16(13,14)15/h3,8,10,12H,1-2,4H2,(H,13,14,15). The first kappa shape index (κ1) is 13.0. The molecule has 0 aromatic rings. The van der Waals surface area contributed by atoms with E-state index in [0.717, 1.165) is 6.08 Å². The lowest BCUT2D eigenvalue weighted by Gasteiger charge is -2.15. The van der Waals surface area contributed by atoms with Gasteiger partial charge in [0, 0.05) is 12.5 Å². The Morgan fingerprint density at radius 1 is 1.44 bits per heavy atom. The highest BCUT2D eigenvalue weighted by molar-refractivity contribution is 7.85. The van der Waals surface area contributed by atoms with Crippen LogP contribution in [0.2, 0.25) is 0 Å². The van der Waals surface area contributed by atoms with Gasteiger partial charge in [0.05, 0.1) is 23.8 Å². The summed E-state index contributed by atoms with van der Waals surface area (Å²) in [7, 11) is -4.17. The first-order valence-electron chi connectivity index (χ1n) is 4.39.